The predicted molar refractivity (Wildman–Crippen MR) is 40.8 cm³/mol. The average molecular weight is 188 g/mol. The highest BCUT2D eigenvalue weighted by Gasteiger charge is 2.55. The third kappa shape index (κ3) is 1.33. The van der Waals surface area contributed by atoms with E-state index in [1.807, 2.05) is 0 Å². The Hall–Kier alpha value is -0.650. The topological polar surface area (TPSA) is 65.0 Å². The lowest BCUT2D eigenvalue weighted by Gasteiger charge is -2.20. The van der Waals surface area contributed by atoms with E-state index in [1.165, 1.54) is 0 Å². The van der Waals surface area contributed by atoms with E-state index in [0.717, 1.165) is 0 Å². The number of fused-ring (bicyclic) bond motifs is 1. The van der Waals surface area contributed by atoms with Crippen LogP contribution in [-0.4, -0.2) is 41.8 Å². The summed E-state index contributed by atoms with van der Waals surface area (Å²) in [5, 5.41) is 8.89. The number of aliphatic hydroxyl groups is 1. The summed E-state index contributed by atoms with van der Waals surface area (Å²) in [7, 11) is 0. The highest BCUT2D eigenvalue weighted by Crippen LogP contribution is 2.35. The Morgan fingerprint density at radius 1 is 1.46 bits per heavy atom. The number of hydrogen-bond donors (Lipinski definition) is 1. The number of rotatable bonds is 1. The van der Waals surface area contributed by atoms with Gasteiger partial charge in [-0.3, -0.25) is 0 Å². The molecule has 0 spiro atoms. The maximum absolute atomic E-state index is 11.2. The molecular formula is C8H12O5. The summed E-state index contributed by atoms with van der Waals surface area (Å²) in [5.41, 5.74) is 0. The summed E-state index contributed by atoms with van der Waals surface area (Å²) in [6, 6.07) is 0. The SMILES string of the molecule is CC1(C)O[C@@H]2[C@H](CO)OC(=O)[C@@H]2O1. The lowest BCUT2D eigenvalue weighted by Crippen LogP contribution is -2.31. The molecule has 0 aromatic heterocycles. The molecule has 2 fully saturated rings. The van der Waals surface area contributed by atoms with Gasteiger partial charge in [0.15, 0.2) is 18.0 Å². The smallest absolute Gasteiger partial charge is 0.338 e. The summed E-state index contributed by atoms with van der Waals surface area (Å²) in [6.07, 6.45) is -1.72. The van der Waals surface area contributed by atoms with Crippen molar-refractivity contribution in [3.63, 3.8) is 0 Å². The Labute approximate surface area is 75.6 Å². The minimum Gasteiger partial charge on any atom is -0.455 e. The number of cyclic esters (lactones) is 1. The first kappa shape index (κ1) is 8.93. The molecule has 3 atom stereocenters. The Morgan fingerprint density at radius 3 is 2.77 bits per heavy atom. The van der Waals surface area contributed by atoms with E-state index in [-0.39, 0.29) is 6.61 Å². The molecular weight excluding hydrogens is 176 g/mol. The molecule has 2 aliphatic heterocycles. The number of carbonyl (C=O) groups is 1. The van der Waals surface area contributed by atoms with Gasteiger partial charge in [0, 0.05) is 0 Å². The zero-order valence-electron chi connectivity index (χ0n) is 7.52. The zero-order chi connectivity index (χ0) is 9.64. The van der Waals surface area contributed by atoms with Crippen molar-refractivity contribution in [1.29, 1.82) is 0 Å². The summed E-state index contributed by atoms with van der Waals surface area (Å²) >= 11 is 0. The fraction of sp³-hybridized carbons (Fsp3) is 0.875. The second-order valence-electron chi connectivity index (χ2n) is 3.68. The van der Waals surface area contributed by atoms with Crippen LogP contribution in [0.3, 0.4) is 0 Å². The molecule has 2 heterocycles. The summed E-state index contributed by atoms with van der Waals surface area (Å²) in [4.78, 5) is 11.2. The standard InChI is InChI=1S/C8H12O5/c1-8(2)12-5-4(3-9)11-7(10)6(5)13-8/h4-6,9H,3H2,1-2H3/t4-,5+,6+/m0/s1. The molecule has 0 radical (unpaired) electrons. The molecule has 0 saturated carbocycles. The minimum atomic E-state index is -0.762. The second-order valence-corrected chi connectivity index (χ2v) is 3.68. The van der Waals surface area contributed by atoms with Crippen LogP contribution >= 0.6 is 0 Å². The number of esters is 1. The molecule has 13 heavy (non-hydrogen) atoms. The first-order chi connectivity index (χ1) is 6.03. The third-order valence-corrected chi connectivity index (χ3v) is 2.18. The van der Waals surface area contributed by atoms with Crippen molar-refractivity contribution >= 4 is 5.97 Å². The molecule has 0 unspecified atom stereocenters. The number of ether oxygens (including phenoxy) is 3. The van der Waals surface area contributed by atoms with Crippen molar-refractivity contribution in [2.75, 3.05) is 6.61 Å². The van der Waals surface area contributed by atoms with Crippen molar-refractivity contribution in [2.45, 2.75) is 37.9 Å². The van der Waals surface area contributed by atoms with Gasteiger partial charge in [-0.2, -0.15) is 0 Å². The molecule has 1 N–H and O–H groups in total. The van der Waals surface area contributed by atoms with Gasteiger partial charge in [0.1, 0.15) is 6.10 Å². The maximum Gasteiger partial charge on any atom is 0.338 e. The molecule has 74 valence electrons. The molecule has 0 bridgehead atoms. The fourth-order valence-corrected chi connectivity index (χ4v) is 1.67. The summed E-state index contributed by atoms with van der Waals surface area (Å²) in [6.45, 7) is 3.23. The summed E-state index contributed by atoms with van der Waals surface area (Å²) < 4.78 is 15.6. The van der Waals surface area contributed by atoms with Crippen LogP contribution in [0.15, 0.2) is 0 Å². The van der Waals surface area contributed by atoms with Crippen molar-refractivity contribution in [3.8, 4) is 0 Å². The third-order valence-electron chi connectivity index (χ3n) is 2.18. The lowest BCUT2D eigenvalue weighted by atomic mass is 10.1. The quantitative estimate of drug-likeness (QED) is 0.558. The van der Waals surface area contributed by atoms with Crippen molar-refractivity contribution in [2.24, 2.45) is 0 Å². The van der Waals surface area contributed by atoms with Crippen molar-refractivity contribution in [1.82, 2.24) is 0 Å². The van der Waals surface area contributed by atoms with Gasteiger partial charge in [-0.1, -0.05) is 0 Å². The monoisotopic (exact) mass is 188 g/mol. The number of aliphatic hydroxyl groups excluding tert-OH is 1. The van der Waals surface area contributed by atoms with Gasteiger partial charge in [0.2, 0.25) is 0 Å². The lowest BCUT2D eigenvalue weighted by molar-refractivity contribution is -0.188. The van der Waals surface area contributed by atoms with Crippen LogP contribution in [0, 0.1) is 0 Å². The van der Waals surface area contributed by atoms with Crippen LogP contribution in [0.25, 0.3) is 0 Å². The second kappa shape index (κ2) is 2.67. The number of carbonyl (C=O) groups excluding carboxylic acids is 1. The molecule has 5 heteroatoms. The van der Waals surface area contributed by atoms with Gasteiger partial charge < -0.3 is 19.3 Å². The average Bonchev–Trinajstić information content (AvgIpc) is 2.47. The van der Waals surface area contributed by atoms with Crippen LogP contribution < -0.4 is 0 Å². The molecule has 5 nitrogen and oxygen atoms in total. The van der Waals surface area contributed by atoms with Crippen molar-refractivity contribution < 1.29 is 24.1 Å². The van der Waals surface area contributed by atoms with E-state index in [1.54, 1.807) is 13.8 Å². The van der Waals surface area contributed by atoms with Gasteiger partial charge in [-0.05, 0) is 13.8 Å². The van der Waals surface area contributed by atoms with Crippen LogP contribution in [0.1, 0.15) is 13.8 Å². The Kier molecular flexibility index (Phi) is 1.83. The Bertz CT molecular complexity index is 237. The Balaban J connectivity index is 2.17. The van der Waals surface area contributed by atoms with Crippen LogP contribution in [-0.2, 0) is 19.0 Å². The first-order valence-electron chi connectivity index (χ1n) is 4.20. The highest BCUT2D eigenvalue weighted by molar-refractivity contribution is 5.78. The minimum absolute atomic E-state index is 0.230. The van der Waals surface area contributed by atoms with Gasteiger partial charge >= 0.3 is 5.97 Å². The highest BCUT2D eigenvalue weighted by atomic mass is 16.8. The zero-order valence-corrected chi connectivity index (χ0v) is 7.52. The largest absolute Gasteiger partial charge is 0.455 e. The van der Waals surface area contributed by atoms with Crippen molar-refractivity contribution in [3.05, 3.63) is 0 Å². The molecule has 2 rings (SSSR count). The molecule has 0 amide bonds. The maximum atomic E-state index is 11.2. The molecule has 2 aliphatic rings. The Morgan fingerprint density at radius 2 is 2.15 bits per heavy atom. The van der Waals surface area contributed by atoms with E-state index in [2.05, 4.69) is 0 Å². The normalized spacial score (nSPS) is 41.8. The molecule has 0 aromatic carbocycles. The number of hydrogen-bond acceptors (Lipinski definition) is 5. The van der Waals surface area contributed by atoms with Gasteiger partial charge in [0.05, 0.1) is 6.61 Å². The van der Waals surface area contributed by atoms with Crippen LogP contribution in [0.4, 0.5) is 0 Å². The summed E-state index contributed by atoms with van der Waals surface area (Å²) in [5.74, 6) is -1.21. The van der Waals surface area contributed by atoms with Gasteiger partial charge in [0.25, 0.3) is 0 Å². The van der Waals surface area contributed by atoms with Gasteiger partial charge in [-0.15, -0.1) is 0 Å². The van der Waals surface area contributed by atoms with E-state index in [9.17, 15) is 4.79 Å². The van der Waals surface area contributed by atoms with Gasteiger partial charge in [-0.25, -0.2) is 4.79 Å². The molecule has 2 saturated heterocycles. The van der Waals surface area contributed by atoms with E-state index in [0.29, 0.717) is 0 Å². The van der Waals surface area contributed by atoms with E-state index >= 15 is 0 Å². The van der Waals surface area contributed by atoms with E-state index in [4.69, 9.17) is 19.3 Å². The molecule has 0 aliphatic carbocycles. The first-order valence-corrected chi connectivity index (χ1v) is 4.20. The van der Waals surface area contributed by atoms with E-state index < -0.39 is 30.1 Å². The predicted octanol–water partition coefficient (Wildman–Crippen LogP) is -0.576. The fourth-order valence-electron chi connectivity index (χ4n) is 1.67. The van der Waals surface area contributed by atoms with Crippen LogP contribution in [0.2, 0.25) is 0 Å². The molecule has 0 aromatic rings. The van der Waals surface area contributed by atoms with Crippen LogP contribution in [0.5, 0.6) is 0 Å².